The first-order chi connectivity index (χ1) is 12.6. The summed E-state index contributed by atoms with van der Waals surface area (Å²) in [4.78, 5) is 12.1. The summed E-state index contributed by atoms with van der Waals surface area (Å²) in [6, 6.07) is 5.07. The molecule has 0 aliphatic rings. The fraction of sp³-hybridized carbons (Fsp3) is 0.412. The Labute approximate surface area is 207 Å². The zero-order valence-corrected chi connectivity index (χ0v) is 19.3. The molecule has 0 saturated heterocycles. The standard InChI is InChI=1S/C17H16ClF3NO5.K/c1-3-25-6-5-16(24,17(19,20)21)14(15(23)26-4-2)27-13-8-11(10-22)7-12(18)9-13;/h5-9,14H,3-4H2,1-2H3;/q-1;+1/b6-5+;. The van der Waals surface area contributed by atoms with Gasteiger partial charge in [-0.25, -0.2) is 4.79 Å². The minimum Gasteiger partial charge on any atom is -0.837 e. The third-order valence-electron chi connectivity index (χ3n) is 3.17. The molecule has 0 bridgehead atoms. The molecule has 0 N–H and O–H groups in total. The van der Waals surface area contributed by atoms with Gasteiger partial charge in [-0.15, -0.1) is 0 Å². The van der Waals surface area contributed by atoms with E-state index in [1.807, 2.05) is 0 Å². The van der Waals surface area contributed by atoms with Gasteiger partial charge in [0.2, 0.25) is 0 Å². The number of hydrogen-bond donors (Lipinski definition) is 0. The maximum absolute atomic E-state index is 13.5. The van der Waals surface area contributed by atoms with E-state index in [1.165, 1.54) is 19.9 Å². The van der Waals surface area contributed by atoms with Crippen molar-refractivity contribution < 1.29 is 88.7 Å². The summed E-state index contributed by atoms with van der Waals surface area (Å²) in [6.07, 6.45) is -7.36. The number of carbonyl (C=O) groups is 1. The van der Waals surface area contributed by atoms with E-state index in [0.29, 0.717) is 6.26 Å². The quantitative estimate of drug-likeness (QED) is 0.311. The van der Waals surface area contributed by atoms with Crippen LogP contribution in [-0.4, -0.2) is 37.1 Å². The van der Waals surface area contributed by atoms with Crippen molar-refractivity contribution in [2.45, 2.75) is 31.7 Å². The second-order valence-electron chi connectivity index (χ2n) is 5.09. The van der Waals surface area contributed by atoms with Gasteiger partial charge in [0.15, 0.2) is 6.10 Å². The van der Waals surface area contributed by atoms with Gasteiger partial charge in [-0.3, -0.25) is 0 Å². The van der Waals surface area contributed by atoms with Gasteiger partial charge in [0.05, 0.1) is 36.7 Å². The molecule has 2 unspecified atom stereocenters. The molecule has 0 heterocycles. The van der Waals surface area contributed by atoms with Crippen LogP contribution >= 0.6 is 11.6 Å². The Kier molecular flexibility index (Phi) is 11.7. The summed E-state index contributed by atoms with van der Waals surface area (Å²) in [5.74, 6) is -1.89. The van der Waals surface area contributed by atoms with E-state index >= 15 is 0 Å². The van der Waals surface area contributed by atoms with Crippen LogP contribution in [0.15, 0.2) is 30.5 Å². The van der Waals surface area contributed by atoms with Crippen LogP contribution in [0.1, 0.15) is 19.4 Å². The summed E-state index contributed by atoms with van der Waals surface area (Å²) >= 11 is 5.78. The largest absolute Gasteiger partial charge is 1.00 e. The maximum Gasteiger partial charge on any atom is 1.00 e. The van der Waals surface area contributed by atoms with Crippen molar-refractivity contribution in [3.8, 4) is 11.8 Å². The molecule has 0 saturated carbocycles. The van der Waals surface area contributed by atoms with E-state index in [4.69, 9.17) is 21.6 Å². The van der Waals surface area contributed by atoms with Gasteiger partial charge in [0.1, 0.15) is 5.75 Å². The van der Waals surface area contributed by atoms with Gasteiger partial charge >= 0.3 is 63.5 Å². The number of nitriles is 1. The average Bonchev–Trinajstić information content (AvgIpc) is 2.58. The van der Waals surface area contributed by atoms with Crippen molar-refractivity contribution in [1.29, 1.82) is 5.26 Å². The van der Waals surface area contributed by atoms with Crippen LogP contribution in [0.5, 0.6) is 5.75 Å². The molecule has 0 aliphatic carbocycles. The normalized spacial score (nSPS) is 14.4. The van der Waals surface area contributed by atoms with Gasteiger partial charge in [-0.05, 0) is 38.1 Å². The fourth-order valence-corrected chi connectivity index (χ4v) is 2.16. The zero-order chi connectivity index (χ0) is 20.7. The summed E-state index contributed by atoms with van der Waals surface area (Å²) in [7, 11) is 0. The zero-order valence-electron chi connectivity index (χ0n) is 15.4. The first kappa shape index (κ1) is 27.2. The molecule has 0 radical (unpaired) electrons. The molecule has 2 atom stereocenters. The number of ether oxygens (including phenoxy) is 3. The van der Waals surface area contributed by atoms with Crippen LogP contribution < -0.4 is 61.2 Å². The predicted molar refractivity (Wildman–Crippen MR) is 86.8 cm³/mol. The van der Waals surface area contributed by atoms with Gasteiger partial charge in [0.25, 0.3) is 0 Å². The summed E-state index contributed by atoms with van der Waals surface area (Å²) in [5, 5.41) is 21.5. The number of nitrogens with zero attached hydrogens (tertiary/aromatic N) is 1. The Morgan fingerprint density at radius 2 is 1.96 bits per heavy atom. The van der Waals surface area contributed by atoms with Crippen LogP contribution in [0.2, 0.25) is 5.02 Å². The van der Waals surface area contributed by atoms with Crippen molar-refractivity contribution in [1.82, 2.24) is 0 Å². The van der Waals surface area contributed by atoms with E-state index in [2.05, 4.69) is 9.47 Å². The monoisotopic (exact) mass is 445 g/mol. The second kappa shape index (κ2) is 12.0. The number of halogens is 4. The molecular formula is C17H16ClF3KNO5. The molecule has 6 nitrogen and oxygen atoms in total. The van der Waals surface area contributed by atoms with Gasteiger partial charge in [-0.1, -0.05) is 11.6 Å². The molecule has 0 aliphatic heterocycles. The average molecular weight is 446 g/mol. The van der Waals surface area contributed by atoms with Crippen LogP contribution in [0.4, 0.5) is 13.2 Å². The van der Waals surface area contributed by atoms with E-state index in [0.717, 1.165) is 12.1 Å². The number of alkyl halides is 3. The number of hydrogen-bond acceptors (Lipinski definition) is 6. The van der Waals surface area contributed by atoms with Crippen molar-refractivity contribution >= 4 is 17.6 Å². The third-order valence-corrected chi connectivity index (χ3v) is 3.38. The van der Waals surface area contributed by atoms with E-state index in [-0.39, 0.29) is 87.0 Å². The number of benzene rings is 1. The molecule has 1 aromatic rings. The van der Waals surface area contributed by atoms with Crippen LogP contribution in [0.3, 0.4) is 0 Å². The molecule has 148 valence electrons. The van der Waals surface area contributed by atoms with Crippen LogP contribution in [-0.2, 0) is 14.3 Å². The summed E-state index contributed by atoms with van der Waals surface area (Å²) in [6.45, 7) is 2.59. The van der Waals surface area contributed by atoms with Crippen molar-refractivity contribution in [2.24, 2.45) is 0 Å². The van der Waals surface area contributed by atoms with Gasteiger partial charge in [-0.2, -0.15) is 18.4 Å². The Morgan fingerprint density at radius 1 is 1.32 bits per heavy atom. The molecule has 0 spiro atoms. The SMILES string of the molecule is CCO/C=C/C([O-])(C(Oc1cc(Cl)cc(C#N)c1)C(=O)OCC)C(F)(F)F.[K+]. The number of rotatable bonds is 8. The maximum atomic E-state index is 13.5. The topological polar surface area (TPSA) is 91.6 Å². The Hall–Kier alpha value is -0.804. The van der Waals surface area contributed by atoms with Crippen molar-refractivity contribution in [3.05, 3.63) is 41.1 Å². The minimum atomic E-state index is -5.42. The first-order valence-electron chi connectivity index (χ1n) is 7.69. The van der Waals surface area contributed by atoms with Gasteiger partial charge < -0.3 is 19.3 Å². The fourth-order valence-electron chi connectivity index (χ4n) is 1.94. The van der Waals surface area contributed by atoms with Crippen LogP contribution in [0, 0.1) is 11.3 Å². The van der Waals surface area contributed by atoms with E-state index in [9.17, 15) is 23.1 Å². The molecule has 0 amide bonds. The summed E-state index contributed by atoms with van der Waals surface area (Å²) in [5.41, 5.74) is -4.04. The Morgan fingerprint density at radius 3 is 2.46 bits per heavy atom. The Bertz CT molecular complexity index is 738. The molecular weight excluding hydrogens is 430 g/mol. The third kappa shape index (κ3) is 7.22. The van der Waals surface area contributed by atoms with Gasteiger partial charge in [0, 0.05) is 5.02 Å². The van der Waals surface area contributed by atoms with Crippen molar-refractivity contribution in [3.63, 3.8) is 0 Å². The molecule has 11 heteroatoms. The number of esters is 1. The second-order valence-corrected chi connectivity index (χ2v) is 5.52. The van der Waals surface area contributed by atoms with Crippen molar-refractivity contribution in [2.75, 3.05) is 13.2 Å². The molecule has 1 rings (SSSR count). The van der Waals surface area contributed by atoms with E-state index in [1.54, 1.807) is 6.07 Å². The number of carbonyl (C=O) groups excluding carboxylic acids is 1. The molecule has 0 aromatic heterocycles. The first-order valence-corrected chi connectivity index (χ1v) is 8.07. The summed E-state index contributed by atoms with van der Waals surface area (Å²) < 4.78 is 54.8. The Balaban J connectivity index is 0.00000729. The van der Waals surface area contributed by atoms with Crippen LogP contribution in [0.25, 0.3) is 0 Å². The minimum absolute atomic E-state index is 0. The molecule has 1 aromatic carbocycles. The molecule has 28 heavy (non-hydrogen) atoms. The predicted octanol–water partition coefficient (Wildman–Crippen LogP) is -0.262. The smallest absolute Gasteiger partial charge is 0.837 e. The molecule has 0 fully saturated rings. The van der Waals surface area contributed by atoms with E-state index < -0.39 is 23.9 Å².